The van der Waals surface area contributed by atoms with Crippen LogP contribution in [0.3, 0.4) is 0 Å². The van der Waals surface area contributed by atoms with E-state index in [9.17, 15) is 9.59 Å². The molecule has 1 saturated carbocycles. The van der Waals surface area contributed by atoms with Gasteiger partial charge in [-0.1, -0.05) is 19.3 Å². The highest BCUT2D eigenvalue weighted by Crippen LogP contribution is 2.31. The van der Waals surface area contributed by atoms with E-state index in [1.807, 2.05) is 0 Å². The van der Waals surface area contributed by atoms with E-state index in [0.29, 0.717) is 12.8 Å². The largest absolute Gasteiger partial charge is 0.481 e. The molecule has 0 saturated heterocycles. The smallest absolute Gasteiger partial charge is 0.407 e. The van der Waals surface area contributed by atoms with E-state index >= 15 is 0 Å². The van der Waals surface area contributed by atoms with Crippen LogP contribution in [-0.2, 0) is 9.53 Å². The maximum absolute atomic E-state index is 11.1. The van der Waals surface area contributed by atoms with E-state index in [4.69, 9.17) is 5.11 Å². The molecule has 2 N–H and O–H groups in total. The third-order valence-corrected chi connectivity index (χ3v) is 2.85. The van der Waals surface area contributed by atoms with Crippen LogP contribution in [0.5, 0.6) is 0 Å². The summed E-state index contributed by atoms with van der Waals surface area (Å²) < 4.78 is 4.52. The van der Waals surface area contributed by atoms with Crippen LogP contribution in [0.4, 0.5) is 4.79 Å². The van der Waals surface area contributed by atoms with Crippen LogP contribution < -0.4 is 5.32 Å². The summed E-state index contributed by atoms with van der Waals surface area (Å²) in [5.41, 5.74) is -0.600. The van der Waals surface area contributed by atoms with Crippen molar-refractivity contribution in [3.05, 3.63) is 0 Å². The average Bonchev–Trinajstić information content (AvgIpc) is 2.17. The first-order valence-corrected chi connectivity index (χ1v) is 5.16. The Balaban J connectivity index is 2.65. The number of rotatable bonds is 3. The van der Waals surface area contributed by atoms with Crippen molar-refractivity contribution in [2.75, 3.05) is 7.11 Å². The summed E-state index contributed by atoms with van der Waals surface area (Å²) in [7, 11) is 1.28. The van der Waals surface area contributed by atoms with E-state index in [2.05, 4.69) is 10.1 Å². The molecule has 86 valence electrons. The fraction of sp³-hybridized carbons (Fsp3) is 0.800. The zero-order chi connectivity index (χ0) is 11.3. The maximum atomic E-state index is 11.1. The zero-order valence-electron chi connectivity index (χ0n) is 8.91. The van der Waals surface area contributed by atoms with Crippen LogP contribution in [0, 0.1) is 0 Å². The number of hydrogen-bond donors (Lipinski definition) is 2. The first-order chi connectivity index (χ1) is 7.08. The van der Waals surface area contributed by atoms with Crippen molar-refractivity contribution >= 4 is 12.1 Å². The number of ether oxygens (including phenoxy) is 1. The molecule has 0 bridgehead atoms. The van der Waals surface area contributed by atoms with Crippen molar-refractivity contribution in [1.29, 1.82) is 0 Å². The van der Waals surface area contributed by atoms with Gasteiger partial charge in [-0.2, -0.15) is 0 Å². The van der Waals surface area contributed by atoms with Gasteiger partial charge in [0, 0.05) is 0 Å². The molecule has 0 unspecified atom stereocenters. The van der Waals surface area contributed by atoms with Gasteiger partial charge >= 0.3 is 12.1 Å². The van der Waals surface area contributed by atoms with Crippen molar-refractivity contribution in [2.24, 2.45) is 0 Å². The number of carbonyl (C=O) groups is 2. The van der Waals surface area contributed by atoms with Crippen LogP contribution in [0.15, 0.2) is 0 Å². The van der Waals surface area contributed by atoms with E-state index in [1.54, 1.807) is 0 Å². The Morgan fingerprint density at radius 2 is 1.93 bits per heavy atom. The second kappa shape index (κ2) is 5.00. The first kappa shape index (κ1) is 11.8. The third kappa shape index (κ3) is 3.42. The average molecular weight is 215 g/mol. The summed E-state index contributed by atoms with van der Waals surface area (Å²) in [6.07, 6.45) is 3.88. The lowest BCUT2D eigenvalue weighted by Gasteiger charge is -2.36. The van der Waals surface area contributed by atoms with E-state index in [1.165, 1.54) is 7.11 Å². The zero-order valence-corrected chi connectivity index (χ0v) is 8.91. The summed E-state index contributed by atoms with van der Waals surface area (Å²) in [6.45, 7) is 0. The molecule has 0 aliphatic heterocycles. The van der Waals surface area contributed by atoms with Crippen LogP contribution in [0.2, 0.25) is 0 Å². The highest BCUT2D eigenvalue weighted by atomic mass is 16.5. The molecule has 5 heteroatoms. The summed E-state index contributed by atoms with van der Waals surface area (Å²) in [6, 6.07) is 0. The molecule has 0 aromatic carbocycles. The van der Waals surface area contributed by atoms with Gasteiger partial charge in [0.25, 0.3) is 0 Å². The standard InChI is InChI=1S/C10H17NO4/c1-15-9(14)11-10(7-8(12)13)5-3-2-4-6-10/h2-7H2,1H3,(H,11,14)(H,12,13). The summed E-state index contributed by atoms with van der Waals surface area (Å²) in [5, 5.41) is 11.5. The second-order valence-corrected chi connectivity index (χ2v) is 4.03. The molecule has 1 amide bonds. The molecule has 1 rings (SSSR count). The number of carboxylic acid groups (broad SMARTS) is 1. The second-order valence-electron chi connectivity index (χ2n) is 4.03. The lowest BCUT2D eigenvalue weighted by molar-refractivity contribution is -0.139. The topological polar surface area (TPSA) is 75.6 Å². The molecule has 0 spiro atoms. The van der Waals surface area contributed by atoms with Gasteiger partial charge in [-0.25, -0.2) is 4.79 Å². The minimum Gasteiger partial charge on any atom is -0.481 e. The molecule has 15 heavy (non-hydrogen) atoms. The van der Waals surface area contributed by atoms with E-state index in [0.717, 1.165) is 19.3 Å². The Labute approximate surface area is 88.8 Å². The maximum Gasteiger partial charge on any atom is 0.407 e. The van der Waals surface area contributed by atoms with Crippen molar-refractivity contribution in [1.82, 2.24) is 5.32 Å². The molecule has 1 aliphatic carbocycles. The van der Waals surface area contributed by atoms with Crippen molar-refractivity contribution in [3.63, 3.8) is 0 Å². The molecule has 1 fully saturated rings. The SMILES string of the molecule is COC(=O)NC1(CC(=O)O)CCCCC1. The molecular formula is C10H17NO4. The highest BCUT2D eigenvalue weighted by Gasteiger charge is 2.36. The normalized spacial score (nSPS) is 19.3. The predicted octanol–water partition coefficient (Wildman–Crippen LogP) is 1.52. The number of hydrogen-bond acceptors (Lipinski definition) is 3. The van der Waals surface area contributed by atoms with E-state index < -0.39 is 17.6 Å². The predicted molar refractivity (Wildman–Crippen MR) is 53.6 cm³/mol. The Kier molecular flexibility index (Phi) is 3.94. The summed E-state index contributed by atoms with van der Waals surface area (Å²) >= 11 is 0. The minimum atomic E-state index is -0.881. The summed E-state index contributed by atoms with van der Waals surface area (Å²) in [4.78, 5) is 21.9. The Morgan fingerprint density at radius 1 is 1.33 bits per heavy atom. The number of aliphatic carboxylic acids is 1. The lowest BCUT2D eigenvalue weighted by Crippen LogP contribution is -2.51. The van der Waals surface area contributed by atoms with Crippen molar-refractivity contribution in [3.8, 4) is 0 Å². The number of carboxylic acids is 1. The molecule has 0 heterocycles. The van der Waals surface area contributed by atoms with Gasteiger partial charge in [-0.05, 0) is 12.8 Å². The molecule has 1 aliphatic rings. The number of alkyl carbamates (subject to hydrolysis) is 1. The van der Waals surface area contributed by atoms with Gasteiger partial charge in [0.1, 0.15) is 0 Å². The Bertz CT molecular complexity index is 246. The molecule has 0 radical (unpaired) electrons. The van der Waals surface area contributed by atoms with Gasteiger partial charge < -0.3 is 15.2 Å². The minimum absolute atomic E-state index is 0.0257. The third-order valence-electron chi connectivity index (χ3n) is 2.85. The van der Waals surface area contributed by atoms with Crippen LogP contribution in [0.1, 0.15) is 38.5 Å². The molecular weight excluding hydrogens is 198 g/mol. The molecule has 0 atom stereocenters. The van der Waals surface area contributed by atoms with Gasteiger partial charge in [0.2, 0.25) is 0 Å². The quantitative estimate of drug-likeness (QED) is 0.748. The lowest BCUT2D eigenvalue weighted by atomic mass is 9.79. The fourth-order valence-electron chi connectivity index (χ4n) is 2.13. The molecule has 0 aromatic heterocycles. The Morgan fingerprint density at radius 3 is 2.40 bits per heavy atom. The van der Waals surface area contributed by atoms with Crippen LogP contribution in [-0.4, -0.2) is 29.8 Å². The van der Waals surface area contributed by atoms with E-state index in [-0.39, 0.29) is 6.42 Å². The highest BCUT2D eigenvalue weighted by molar-refractivity contribution is 5.72. The van der Waals surface area contributed by atoms with Crippen LogP contribution in [0.25, 0.3) is 0 Å². The van der Waals surface area contributed by atoms with Gasteiger partial charge in [-0.15, -0.1) is 0 Å². The monoisotopic (exact) mass is 215 g/mol. The number of carbonyl (C=O) groups excluding carboxylic acids is 1. The molecule has 0 aromatic rings. The Hall–Kier alpha value is -1.26. The van der Waals surface area contributed by atoms with Gasteiger partial charge in [0.15, 0.2) is 0 Å². The fourth-order valence-corrected chi connectivity index (χ4v) is 2.13. The number of nitrogens with one attached hydrogen (secondary N) is 1. The van der Waals surface area contributed by atoms with Crippen molar-refractivity contribution in [2.45, 2.75) is 44.1 Å². The van der Waals surface area contributed by atoms with Gasteiger partial charge in [-0.3, -0.25) is 4.79 Å². The number of amides is 1. The van der Waals surface area contributed by atoms with Crippen molar-refractivity contribution < 1.29 is 19.4 Å². The summed E-state index contributed by atoms with van der Waals surface area (Å²) in [5.74, 6) is -0.881. The molecule has 5 nitrogen and oxygen atoms in total. The first-order valence-electron chi connectivity index (χ1n) is 5.16. The number of methoxy groups -OCH3 is 1. The van der Waals surface area contributed by atoms with Gasteiger partial charge in [0.05, 0.1) is 19.1 Å². The van der Waals surface area contributed by atoms with Crippen LogP contribution >= 0.6 is 0 Å².